The Balaban J connectivity index is 1.54. The van der Waals surface area contributed by atoms with E-state index < -0.39 is 12.0 Å². The summed E-state index contributed by atoms with van der Waals surface area (Å²) in [5.41, 5.74) is 3.47. The van der Waals surface area contributed by atoms with E-state index in [-0.39, 0.29) is 37.9 Å². The van der Waals surface area contributed by atoms with Crippen molar-refractivity contribution in [3.8, 4) is 0 Å². The molecule has 0 unspecified atom stereocenters. The van der Waals surface area contributed by atoms with Crippen LogP contribution in [0.1, 0.15) is 36.6 Å². The minimum atomic E-state index is -0.445. The molecule has 2 heterocycles. The molecule has 0 saturated carbocycles. The molecular formula is C21H24N4O5S. The zero-order valence-electron chi connectivity index (χ0n) is 17.6. The topological polar surface area (TPSA) is 109 Å². The van der Waals surface area contributed by atoms with Crippen molar-refractivity contribution in [2.75, 3.05) is 18.0 Å². The Hall–Kier alpha value is -3.27. The number of aromatic nitrogens is 1. The van der Waals surface area contributed by atoms with E-state index in [0.29, 0.717) is 17.2 Å². The number of ether oxygens (including phenoxy) is 1. The second kappa shape index (κ2) is 9.69. The van der Waals surface area contributed by atoms with Crippen molar-refractivity contribution < 1.29 is 23.9 Å². The molecule has 10 heteroatoms. The van der Waals surface area contributed by atoms with Crippen molar-refractivity contribution in [3.63, 3.8) is 0 Å². The van der Waals surface area contributed by atoms with Gasteiger partial charge in [-0.25, -0.2) is 9.78 Å². The summed E-state index contributed by atoms with van der Waals surface area (Å²) < 4.78 is 5.24. The molecular weight excluding hydrogens is 420 g/mol. The highest BCUT2D eigenvalue weighted by atomic mass is 32.1. The minimum Gasteiger partial charge on any atom is -0.459 e. The summed E-state index contributed by atoms with van der Waals surface area (Å²) in [6, 6.07) is 5.32. The molecule has 1 N–H and O–H groups in total. The van der Waals surface area contributed by atoms with E-state index in [4.69, 9.17) is 4.74 Å². The molecule has 1 fully saturated rings. The van der Waals surface area contributed by atoms with Crippen LogP contribution in [0.5, 0.6) is 0 Å². The molecule has 31 heavy (non-hydrogen) atoms. The van der Waals surface area contributed by atoms with E-state index in [0.717, 1.165) is 21.7 Å². The van der Waals surface area contributed by atoms with Gasteiger partial charge in [-0.15, -0.1) is 11.3 Å². The summed E-state index contributed by atoms with van der Waals surface area (Å²) in [5.74, 6) is -0.909. The summed E-state index contributed by atoms with van der Waals surface area (Å²) in [4.78, 5) is 54.2. The average Bonchev–Trinajstić information content (AvgIpc) is 3.30. The molecule has 0 atom stereocenters. The van der Waals surface area contributed by atoms with Gasteiger partial charge in [-0.3, -0.25) is 24.2 Å². The van der Waals surface area contributed by atoms with Crippen LogP contribution in [-0.2, 0) is 25.7 Å². The largest absolute Gasteiger partial charge is 0.459 e. The van der Waals surface area contributed by atoms with Gasteiger partial charge in [0.05, 0.1) is 17.9 Å². The van der Waals surface area contributed by atoms with Crippen molar-refractivity contribution in [2.45, 2.75) is 40.2 Å². The van der Waals surface area contributed by atoms with Crippen molar-refractivity contribution in [1.29, 1.82) is 0 Å². The van der Waals surface area contributed by atoms with Gasteiger partial charge in [-0.2, -0.15) is 0 Å². The fraction of sp³-hybridized carbons (Fsp3) is 0.381. The number of urea groups is 1. The SMILES string of the molecule is CC(=O)N(c1ccc(C)c(C)c1)c1nc(COC(=O)CCCN2C(=O)CNC2=O)cs1. The zero-order chi connectivity index (χ0) is 22.5. The Morgan fingerprint density at radius 3 is 2.68 bits per heavy atom. The predicted molar refractivity (Wildman–Crippen MR) is 115 cm³/mol. The summed E-state index contributed by atoms with van der Waals surface area (Å²) in [6.45, 7) is 5.61. The van der Waals surface area contributed by atoms with Gasteiger partial charge in [0, 0.05) is 25.3 Å². The van der Waals surface area contributed by atoms with E-state index in [1.165, 1.54) is 23.2 Å². The fourth-order valence-electron chi connectivity index (χ4n) is 3.05. The predicted octanol–water partition coefficient (Wildman–Crippen LogP) is 2.82. The highest BCUT2D eigenvalue weighted by Crippen LogP contribution is 2.30. The molecule has 1 aromatic carbocycles. The number of nitrogens with one attached hydrogen (secondary N) is 1. The Labute approximate surface area is 184 Å². The third kappa shape index (κ3) is 5.46. The lowest BCUT2D eigenvalue weighted by Gasteiger charge is -2.19. The lowest BCUT2D eigenvalue weighted by atomic mass is 10.1. The first-order valence-electron chi connectivity index (χ1n) is 9.82. The van der Waals surface area contributed by atoms with Gasteiger partial charge in [0.25, 0.3) is 0 Å². The van der Waals surface area contributed by atoms with Crippen LogP contribution in [0.4, 0.5) is 15.6 Å². The number of amides is 4. The smallest absolute Gasteiger partial charge is 0.324 e. The first-order chi connectivity index (χ1) is 14.8. The Morgan fingerprint density at radius 1 is 1.26 bits per heavy atom. The molecule has 2 aromatic rings. The van der Waals surface area contributed by atoms with Gasteiger partial charge in [-0.05, 0) is 43.5 Å². The second-order valence-corrected chi connectivity index (χ2v) is 8.05. The van der Waals surface area contributed by atoms with Crippen molar-refractivity contribution >= 4 is 46.0 Å². The first kappa shape index (κ1) is 22.4. The molecule has 0 aliphatic carbocycles. The number of imide groups is 1. The van der Waals surface area contributed by atoms with Crippen LogP contribution < -0.4 is 10.2 Å². The normalized spacial score (nSPS) is 13.3. The first-order valence-corrected chi connectivity index (χ1v) is 10.7. The van der Waals surface area contributed by atoms with Crippen LogP contribution in [0.25, 0.3) is 0 Å². The van der Waals surface area contributed by atoms with Crippen LogP contribution in [0.3, 0.4) is 0 Å². The Kier molecular flexibility index (Phi) is 7.01. The van der Waals surface area contributed by atoms with Gasteiger partial charge >= 0.3 is 12.0 Å². The van der Waals surface area contributed by atoms with E-state index in [9.17, 15) is 19.2 Å². The molecule has 1 aromatic heterocycles. The molecule has 0 radical (unpaired) electrons. The molecule has 0 spiro atoms. The number of carbonyl (C=O) groups is 4. The van der Waals surface area contributed by atoms with Crippen LogP contribution in [0.2, 0.25) is 0 Å². The number of rotatable bonds is 8. The number of esters is 1. The van der Waals surface area contributed by atoms with Crippen LogP contribution in [-0.4, -0.2) is 46.8 Å². The number of hydrogen-bond donors (Lipinski definition) is 1. The number of anilines is 2. The molecule has 0 bridgehead atoms. The standard InChI is InChI=1S/C21H24N4O5S/c1-13-6-7-17(9-14(13)2)25(15(3)26)21-23-16(12-31-21)11-30-19(28)5-4-8-24-18(27)10-22-20(24)29/h6-7,9,12H,4-5,8,10-11H2,1-3H3,(H,22,29). The highest BCUT2D eigenvalue weighted by molar-refractivity contribution is 7.14. The third-order valence-electron chi connectivity index (χ3n) is 4.88. The summed E-state index contributed by atoms with van der Waals surface area (Å²) in [7, 11) is 0. The maximum absolute atomic E-state index is 12.2. The monoisotopic (exact) mass is 444 g/mol. The number of carbonyl (C=O) groups excluding carboxylic acids is 4. The molecule has 164 valence electrons. The second-order valence-electron chi connectivity index (χ2n) is 7.21. The van der Waals surface area contributed by atoms with E-state index >= 15 is 0 Å². The minimum absolute atomic E-state index is 0.00508. The van der Waals surface area contributed by atoms with Gasteiger partial charge in [0.15, 0.2) is 5.13 Å². The molecule has 1 aliphatic heterocycles. The molecule has 3 rings (SSSR count). The van der Waals surface area contributed by atoms with E-state index in [1.807, 2.05) is 32.0 Å². The fourth-order valence-corrected chi connectivity index (χ4v) is 3.92. The van der Waals surface area contributed by atoms with Gasteiger partial charge in [-0.1, -0.05) is 6.07 Å². The van der Waals surface area contributed by atoms with Crippen LogP contribution in [0, 0.1) is 13.8 Å². The van der Waals surface area contributed by atoms with Crippen LogP contribution in [0.15, 0.2) is 23.6 Å². The number of thiazole rings is 1. The van der Waals surface area contributed by atoms with Crippen molar-refractivity contribution in [3.05, 3.63) is 40.4 Å². The number of hydrogen-bond acceptors (Lipinski definition) is 7. The average molecular weight is 445 g/mol. The summed E-state index contributed by atoms with van der Waals surface area (Å²) in [6.07, 6.45) is 0.404. The van der Waals surface area contributed by atoms with Crippen LogP contribution >= 0.6 is 11.3 Å². The van der Waals surface area contributed by atoms with E-state index in [1.54, 1.807) is 5.38 Å². The van der Waals surface area contributed by atoms with Gasteiger partial charge in [0.2, 0.25) is 11.8 Å². The molecule has 1 aliphatic rings. The maximum Gasteiger partial charge on any atom is 0.324 e. The highest BCUT2D eigenvalue weighted by Gasteiger charge is 2.27. The Morgan fingerprint density at radius 2 is 2.03 bits per heavy atom. The number of benzene rings is 1. The van der Waals surface area contributed by atoms with Gasteiger partial charge < -0.3 is 10.1 Å². The third-order valence-corrected chi connectivity index (χ3v) is 5.75. The lowest BCUT2D eigenvalue weighted by molar-refractivity contribution is -0.145. The van der Waals surface area contributed by atoms with E-state index in [2.05, 4.69) is 10.3 Å². The summed E-state index contributed by atoms with van der Waals surface area (Å²) in [5, 5.41) is 4.67. The van der Waals surface area contributed by atoms with Gasteiger partial charge in [0.1, 0.15) is 6.61 Å². The lowest BCUT2D eigenvalue weighted by Crippen LogP contribution is -2.32. The van der Waals surface area contributed by atoms with Crippen molar-refractivity contribution in [1.82, 2.24) is 15.2 Å². The molecule has 9 nitrogen and oxygen atoms in total. The quantitative estimate of drug-likeness (QED) is 0.495. The number of aryl methyl sites for hydroxylation is 2. The molecule has 1 saturated heterocycles. The summed E-state index contributed by atoms with van der Waals surface area (Å²) >= 11 is 1.29. The maximum atomic E-state index is 12.2. The zero-order valence-corrected chi connectivity index (χ0v) is 18.5. The number of nitrogens with zero attached hydrogens (tertiary/aromatic N) is 3. The van der Waals surface area contributed by atoms with Crippen molar-refractivity contribution in [2.24, 2.45) is 0 Å². The molecule has 4 amide bonds. The Bertz CT molecular complexity index is 1000.